The number of hydrogen-bond acceptors (Lipinski definition) is 4. The first-order valence-corrected chi connectivity index (χ1v) is 7.66. The van der Waals surface area contributed by atoms with Gasteiger partial charge in [-0.1, -0.05) is 0 Å². The lowest BCUT2D eigenvalue weighted by atomic mass is 9.87. The molecule has 0 radical (unpaired) electrons. The van der Waals surface area contributed by atoms with Gasteiger partial charge in [-0.15, -0.1) is 0 Å². The summed E-state index contributed by atoms with van der Waals surface area (Å²) in [6, 6.07) is 0.987. The SMILES string of the molecule is COCC1(C(=O)NCCN(C(C)C)C(C)C)CCNC1. The smallest absolute Gasteiger partial charge is 0.229 e. The lowest BCUT2D eigenvalue weighted by molar-refractivity contribution is -0.133. The molecule has 1 aliphatic rings. The van der Waals surface area contributed by atoms with Crippen molar-refractivity contribution in [2.75, 3.05) is 39.9 Å². The van der Waals surface area contributed by atoms with Crippen LogP contribution in [0.15, 0.2) is 0 Å². The molecule has 5 nitrogen and oxygen atoms in total. The zero-order chi connectivity index (χ0) is 15.2. The lowest BCUT2D eigenvalue weighted by Gasteiger charge is -2.31. The molecule has 118 valence electrons. The van der Waals surface area contributed by atoms with Crippen molar-refractivity contribution >= 4 is 5.91 Å². The molecule has 0 spiro atoms. The molecule has 0 bridgehead atoms. The third kappa shape index (κ3) is 4.43. The molecule has 0 aromatic rings. The van der Waals surface area contributed by atoms with E-state index in [1.807, 2.05) is 0 Å². The van der Waals surface area contributed by atoms with Crippen molar-refractivity contribution in [2.24, 2.45) is 5.41 Å². The number of amides is 1. The van der Waals surface area contributed by atoms with E-state index in [1.54, 1.807) is 7.11 Å². The lowest BCUT2D eigenvalue weighted by Crippen LogP contribution is -2.48. The molecule has 1 amide bonds. The third-order valence-electron chi connectivity index (χ3n) is 4.13. The van der Waals surface area contributed by atoms with Crippen molar-refractivity contribution in [3.63, 3.8) is 0 Å². The Bertz CT molecular complexity index is 291. The number of hydrogen-bond donors (Lipinski definition) is 2. The first kappa shape index (κ1) is 17.4. The van der Waals surface area contributed by atoms with Crippen LogP contribution >= 0.6 is 0 Å². The van der Waals surface area contributed by atoms with Crippen molar-refractivity contribution in [2.45, 2.75) is 46.2 Å². The van der Waals surface area contributed by atoms with E-state index in [0.29, 0.717) is 31.8 Å². The molecule has 1 unspecified atom stereocenters. The minimum atomic E-state index is -0.380. The van der Waals surface area contributed by atoms with E-state index in [2.05, 4.69) is 43.2 Å². The molecular formula is C15H31N3O2. The summed E-state index contributed by atoms with van der Waals surface area (Å²) in [6.07, 6.45) is 0.852. The molecule has 1 heterocycles. The minimum absolute atomic E-state index is 0.122. The van der Waals surface area contributed by atoms with Crippen molar-refractivity contribution in [1.29, 1.82) is 0 Å². The summed E-state index contributed by atoms with van der Waals surface area (Å²) in [4.78, 5) is 14.8. The summed E-state index contributed by atoms with van der Waals surface area (Å²) >= 11 is 0. The van der Waals surface area contributed by atoms with E-state index in [9.17, 15) is 4.79 Å². The van der Waals surface area contributed by atoms with Crippen molar-refractivity contribution in [3.05, 3.63) is 0 Å². The molecule has 2 N–H and O–H groups in total. The van der Waals surface area contributed by atoms with Gasteiger partial charge in [0.15, 0.2) is 0 Å². The third-order valence-corrected chi connectivity index (χ3v) is 4.13. The van der Waals surface area contributed by atoms with Crippen LogP contribution in [0.5, 0.6) is 0 Å². The van der Waals surface area contributed by atoms with Crippen molar-refractivity contribution < 1.29 is 9.53 Å². The van der Waals surface area contributed by atoms with Gasteiger partial charge < -0.3 is 15.4 Å². The molecule has 1 atom stereocenters. The number of carbonyl (C=O) groups is 1. The predicted octanol–water partition coefficient (Wildman–Crippen LogP) is 0.848. The van der Waals surface area contributed by atoms with E-state index in [-0.39, 0.29) is 11.3 Å². The topological polar surface area (TPSA) is 53.6 Å². The monoisotopic (exact) mass is 285 g/mol. The van der Waals surface area contributed by atoms with Gasteiger partial charge in [-0.05, 0) is 40.7 Å². The van der Waals surface area contributed by atoms with Gasteiger partial charge in [0.05, 0.1) is 12.0 Å². The van der Waals surface area contributed by atoms with E-state index in [0.717, 1.165) is 19.5 Å². The predicted molar refractivity (Wildman–Crippen MR) is 81.8 cm³/mol. The van der Waals surface area contributed by atoms with Gasteiger partial charge in [0.25, 0.3) is 0 Å². The molecule has 1 aliphatic heterocycles. The summed E-state index contributed by atoms with van der Waals surface area (Å²) in [5, 5.41) is 6.35. The molecule has 20 heavy (non-hydrogen) atoms. The first-order valence-electron chi connectivity index (χ1n) is 7.66. The highest BCUT2D eigenvalue weighted by atomic mass is 16.5. The molecule has 5 heteroatoms. The highest BCUT2D eigenvalue weighted by Crippen LogP contribution is 2.25. The maximum absolute atomic E-state index is 12.4. The quantitative estimate of drug-likeness (QED) is 0.694. The first-order chi connectivity index (χ1) is 9.43. The number of methoxy groups -OCH3 is 1. The van der Waals surface area contributed by atoms with Crippen LogP contribution in [0.4, 0.5) is 0 Å². The fourth-order valence-electron chi connectivity index (χ4n) is 3.00. The Balaban J connectivity index is 2.45. The average molecular weight is 285 g/mol. The Morgan fingerprint density at radius 1 is 1.35 bits per heavy atom. The maximum Gasteiger partial charge on any atom is 0.229 e. The highest BCUT2D eigenvalue weighted by Gasteiger charge is 2.41. The Morgan fingerprint density at radius 2 is 2.00 bits per heavy atom. The molecule has 1 saturated heterocycles. The second kappa shape index (κ2) is 7.96. The molecule has 0 aromatic heterocycles. The van der Waals surface area contributed by atoms with Crippen molar-refractivity contribution in [1.82, 2.24) is 15.5 Å². The Hall–Kier alpha value is -0.650. The largest absolute Gasteiger partial charge is 0.384 e. The molecule has 0 aromatic carbocycles. The van der Waals surface area contributed by atoms with Crippen LogP contribution in [-0.4, -0.2) is 62.8 Å². The number of rotatable bonds is 8. The number of carbonyl (C=O) groups excluding carboxylic acids is 1. The normalized spacial score (nSPS) is 23.0. The van der Waals surface area contributed by atoms with Crippen LogP contribution < -0.4 is 10.6 Å². The molecule has 0 aliphatic carbocycles. The average Bonchev–Trinajstić information content (AvgIpc) is 2.83. The van der Waals surface area contributed by atoms with Gasteiger partial charge in [0.2, 0.25) is 5.91 Å². The number of ether oxygens (including phenoxy) is 1. The van der Waals surface area contributed by atoms with Gasteiger partial charge in [-0.2, -0.15) is 0 Å². The summed E-state index contributed by atoms with van der Waals surface area (Å²) < 4.78 is 5.24. The summed E-state index contributed by atoms with van der Waals surface area (Å²) in [6.45, 7) is 12.4. The molecular weight excluding hydrogens is 254 g/mol. The zero-order valence-electron chi connectivity index (χ0n) is 13.7. The molecule has 1 fully saturated rings. The standard InChI is InChI=1S/C15H31N3O2/c1-12(2)18(13(3)4)9-8-17-14(19)15(11-20-5)6-7-16-10-15/h12-13,16H,6-11H2,1-5H3,(H,17,19). The summed E-state index contributed by atoms with van der Waals surface area (Å²) in [5.74, 6) is 0.122. The van der Waals surface area contributed by atoms with Crippen molar-refractivity contribution in [3.8, 4) is 0 Å². The summed E-state index contributed by atoms with van der Waals surface area (Å²) in [7, 11) is 1.66. The van der Waals surface area contributed by atoms with Crippen LogP contribution in [-0.2, 0) is 9.53 Å². The second-order valence-corrected chi connectivity index (χ2v) is 6.32. The molecule has 1 rings (SSSR count). The highest BCUT2D eigenvalue weighted by molar-refractivity contribution is 5.83. The van der Waals surface area contributed by atoms with Crippen LogP contribution in [0.25, 0.3) is 0 Å². The number of nitrogens with zero attached hydrogens (tertiary/aromatic N) is 1. The second-order valence-electron chi connectivity index (χ2n) is 6.32. The Labute approximate surface area is 123 Å². The van der Waals surface area contributed by atoms with E-state index >= 15 is 0 Å². The number of nitrogens with one attached hydrogen (secondary N) is 2. The van der Waals surface area contributed by atoms with Gasteiger partial charge in [0, 0.05) is 38.8 Å². The van der Waals surface area contributed by atoms with Crippen LogP contribution in [0.1, 0.15) is 34.1 Å². The van der Waals surface area contributed by atoms with E-state index in [4.69, 9.17) is 4.74 Å². The van der Waals surface area contributed by atoms with Crippen LogP contribution in [0, 0.1) is 5.41 Å². The zero-order valence-corrected chi connectivity index (χ0v) is 13.7. The van der Waals surface area contributed by atoms with Gasteiger partial charge >= 0.3 is 0 Å². The van der Waals surface area contributed by atoms with Gasteiger partial charge in [-0.3, -0.25) is 9.69 Å². The fraction of sp³-hybridized carbons (Fsp3) is 0.933. The maximum atomic E-state index is 12.4. The minimum Gasteiger partial charge on any atom is -0.384 e. The van der Waals surface area contributed by atoms with Gasteiger partial charge in [-0.25, -0.2) is 0 Å². The Morgan fingerprint density at radius 3 is 2.45 bits per heavy atom. The van der Waals surface area contributed by atoms with Crippen LogP contribution in [0.2, 0.25) is 0 Å². The van der Waals surface area contributed by atoms with Crippen LogP contribution in [0.3, 0.4) is 0 Å². The summed E-state index contributed by atoms with van der Waals surface area (Å²) in [5.41, 5.74) is -0.380. The van der Waals surface area contributed by atoms with E-state index in [1.165, 1.54) is 0 Å². The van der Waals surface area contributed by atoms with Gasteiger partial charge in [0.1, 0.15) is 0 Å². The van der Waals surface area contributed by atoms with E-state index < -0.39 is 0 Å². The molecule has 0 saturated carbocycles. The Kier molecular flexibility index (Phi) is 6.92. The fourth-order valence-corrected chi connectivity index (χ4v) is 3.00.